The summed E-state index contributed by atoms with van der Waals surface area (Å²) in [5, 5.41) is 11.5. The maximum atomic E-state index is 4.27. The Bertz CT molecular complexity index is 278. The van der Waals surface area contributed by atoms with E-state index in [2.05, 4.69) is 40.3 Å². The van der Waals surface area contributed by atoms with Crippen LogP contribution in [0.2, 0.25) is 0 Å². The largest absolute Gasteiger partial charge is 0.355 e. The lowest BCUT2D eigenvalue weighted by Crippen LogP contribution is -2.26. The Labute approximate surface area is 98.1 Å². The average molecular weight is 222 g/mol. The Kier molecular flexibility index (Phi) is 5.78. The third-order valence-electron chi connectivity index (χ3n) is 2.37. The van der Waals surface area contributed by atoms with Gasteiger partial charge >= 0.3 is 0 Å². The molecule has 1 aromatic heterocycles. The monoisotopic (exact) mass is 222 g/mol. The first-order valence-electron chi connectivity index (χ1n) is 6.04. The summed E-state index contributed by atoms with van der Waals surface area (Å²) in [6.07, 6.45) is 2.28. The topological polar surface area (TPSA) is 41.0 Å². The molecule has 1 aromatic rings. The molecule has 90 valence electrons. The van der Waals surface area contributed by atoms with Gasteiger partial charge in [0.25, 0.3) is 0 Å². The fraction of sp³-hybridized carbons (Fsp3) is 0.667. The molecule has 0 radical (unpaired) electrons. The third kappa shape index (κ3) is 3.77. The van der Waals surface area contributed by atoms with E-state index in [4.69, 9.17) is 0 Å². The molecule has 0 bridgehead atoms. The molecule has 0 saturated heterocycles. The lowest BCUT2D eigenvalue weighted by molar-refractivity contribution is 0.713. The zero-order chi connectivity index (χ0) is 11.8. The smallest absolute Gasteiger partial charge is 0.151 e. The van der Waals surface area contributed by atoms with Crippen LogP contribution in [-0.2, 0) is 6.54 Å². The van der Waals surface area contributed by atoms with Gasteiger partial charge in [0.1, 0.15) is 0 Å². The first-order chi connectivity index (χ1) is 7.81. The predicted molar refractivity (Wildman–Crippen MR) is 67.6 cm³/mol. The van der Waals surface area contributed by atoms with Crippen molar-refractivity contribution in [2.75, 3.05) is 25.0 Å². The third-order valence-corrected chi connectivity index (χ3v) is 2.37. The lowest BCUT2D eigenvalue weighted by Gasteiger charge is -2.21. The zero-order valence-corrected chi connectivity index (χ0v) is 10.5. The van der Waals surface area contributed by atoms with Crippen molar-refractivity contribution >= 4 is 5.82 Å². The summed E-state index contributed by atoms with van der Waals surface area (Å²) >= 11 is 0. The van der Waals surface area contributed by atoms with Gasteiger partial charge in [0.05, 0.1) is 5.69 Å². The minimum absolute atomic E-state index is 0.773. The molecule has 0 saturated carbocycles. The lowest BCUT2D eigenvalue weighted by atomic mass is 10.3. The maximum Gasteiger partial charge on any atom is 0.151 e. The quantitative estimate of drug-likeness (QED) is 0.764. The van der Waals surface area contributed by atoms with Crippen LogP contribution >= 0.6 is 0 Å². The van der Waals surface area contributed by atoms with Crippen LogP contribution in [-0.4, -0.2) is 30.3 Å². The van der Waals surface area contributed by atoms with E-state index in [1.165, 1.54) is 0 Å². The van der Waals surface area contributed by atoms with Crippen molar-refractivity contribution in [2.24, 2.45) is 0 Å². The van der Waals surface area contributed by atoms with Gasteiger partial charge in [-0.1, -0.05) is 13.8 Å². The Morgan fingerprint density at radius 2 is 1.81 bits per heavy atom. The average Bonchev–Trinajstić information content (AvgIpc) is 2.30. The number of nitrogens with zero attached hydrogens (tertiary/aromatic N) is 3. The molecule has 1 N–H and O–H groups in total. The van der Waals surface area contributed by atoms with E-state index in [1.54, 1.807) is 0 Å². The molecule has 0 spiro atoms. The van der Waals surface area contributed by atoms with Gasteiger partial charge in [-0.3, -0.25) is 0 Å². The fourth-order valence-electron chi connectivity index (χ4n) is 1.68. The zero-order valence-electron chi connectivity index (χ0n) is 10.5. The molecule has 0 atom stereocenters. The molecule has 0 aliphatic carbocycles. The molecule has 1 heterocycles. The number of anilines is 1. The molecular weight excluding hydrogens is 200 g/mol. The van der Waals surface area contributed by atoms with Crippen LogP contribution in [0.15, 0.2) is 12.1 Å². The van der Waals surface area contributed by atoms with Gasteiger partial charge in [0, 0.05) is 19.6 Å². The molecule has 0 amide bonds. The molecule has 0 unspecified atom stereocenters. The maximum absolute atomic E-state index is 4.27. The highest BCUT2D eigenvalue weighted by molar-refractivity contribution is 5.37. The van der Waals surface area contributed by atoms with Crippen LogP contribution in [0.3, 0.4) is 0 Å². The second kappa shape index (κ2) is 7.17. The fourth-order valence-corrected chi connectivity index (χ4v) is 1.68. The van der Waals surface area contributed by atoms with E-state index in [-0.39, 0.29) is 0 Å². The highest BCUT2D eigenvalue weighted by atomic mass is 15.3. The van der Waals surface area contributed by atoms with E-state index in [0.717, 1.165) is 44.0 Å². The first kappa shape index (κ1) is 12.9. The SMILES string of the molecule is CCCN(CCC)c1ccc(CNC)nn1. The summed E-state index contributed by atoms with van der Waals surface area (Å²) in [6.45, 7) is 7.24. The van der Waals surface area contributed by atoms with Gasteiger partial charge in [0.2, 0.25) is 0 Å². The second-order valence-electron chi connectivity index (χ2n) is 3.90. The predicted octanol–water partition coefficient (Wildman–Crippen LogP) is 1.82. The summed E-state index contributed by atoms with van der Waals surface area (Å²) in [5.41, 5.74) is 0.985. The van der Waals surface area contributed by atoms with Crippen LogP contribution < -0.4 is 10.2 Å². The highest BCUT2D eigenvalue weighted by Crippen LogP contribution is 2.10. The van der Waals surface area contributed by atoms with Crippen LogP contribution in [0, 0.1) is 0 Å². The molecule has 0 aromatic carbocycles. The van der Waals surface area contributed by atoms with E-state index in [1.807, 2.05) is 13.1 Å². The summed E-state index contributed by atoms with van der Waals surface area (Å²) in [4.78, 5) is 2.29. The van der Waals surface area contributed by atoms with Gasteiger partial charge < -0.3 is 10.2 Å². The van der Waals surface area contributed by atoms with E-state index in [9.17, 15) is 0 Å². The molecule has 4 heteroatoms. The summed E-state index contributed by atoms with van der Waals surface area (Å²) in [6, 6.07) is 4.10. The van der Waals surface area contributed by atoms with Crippen molar-refractivity contribution in [1.29, 1.82) is 0 Å². The molecule has 0 aliphatic rings. The van der Waals surface area contributed by atoms with Gasteiger partial charge in [-0.25, -0.2) is 0 Å². The van der Waals surface area contributed by atoms with Crippen molar-refractivity contribution < 1.29 is 0 Å². The summed E-state index contributed by atoms with van der Waals surface area (Å²) < 4.78 is 0. The van der Waals surface area contributed by atoms with Crippen molar-refractivity contribution in [3.05, 3.63) is 17.8 Å². The Hall–Kier alpha value is -1.16. The Morgan fingerprint density at radius 3 is 2.25 bits per heavy atom. The van der Waals surface area contributed by atoms with Crippen LogP contribution in [0.5, 0.6) is 0 Å². The van der Waals surface area contributed by atoms with Crippen molar-refractivity contribution in [2.45, 2.75) is 33.2 Å². The van der Waals surface area contributed by atoms with Crippen LogP contribution in [0.4, 0.5) is 5.82 Å². The number of nitrogens with one attached hydrogen (secondary N) is 1. The van der Waals surface area contributed by atoms with Crippen molar-refractivity contribution in [1.82, 2.24) is 15.5 Å². The number of hydrogen-bond donors (Lipinski definition) is 1. The van der Waals surface area contributed by atoms with Gasteiger partial charge in [0.15, 0.2) is 5.82 Å². The number of rotatable bonds is 7. The standard InChI is InChI=1S/C12H22N4/c1-4-8-16(9-5-2)12-7-6-11(10-13-3)14-15-12/h6-7,13H,4-5,8-10H2,1-3H3. The normalized spacial score (nSPS) is 10.4. The van der Waals surface area contributed by atoms with Crippen LogP contribution in [0.25, 0.3) is 0 Å². The molecule has 16 heavy (non-hydrogen) atoms. The summed E-state index contributed by atoms with van der Waals surface area (Å²) in [5.74, 6) is 0.989. The van der Waals surface area contributed by atoms with E-state index < -0.39 is 0 Å². The molecular formula is C12H22N4. The molecule has 0 aliphatic heterocycles. The highest BCUT2D eigenvalue weighted by Gasteiger charge is 2.06. The Balaban J connectivity index is 2.68. The Morgan fingerprint density at radius 1 is 1.12 bits per heavy atom. The summed E-state index contributed by atoms with van der Waals surface area (Å²) in [7, 11) is 1.91. The number of aromatic nitrogens is 2. The van der Waals surface area contributed by atoms with Gasteiger partial charge in [-0.15, -0.1) is 5.10 Å². The minimum Gasteiger partial charge on any atom is -0.355 e. The molecule has 1 rings (SSSR count). The first-order valence-corrected chi connectivity index (χ1v) is 6.04. The number of hydrogen-bond acceptors (Lipinski definition) is 4. The van der Waals surface area contributed by atoms with Crippen LogP contribution in [0.1, 0.15) is 32.4 Å². The van der Waals surface area contributed by atoms with Crippen molar-refractivity contribution in [3.8, 4) is 0 Å². The van der Waals surface area contributed by atoms with Gasteiger partial charge in [-0.2, -0.15) is 5.10 Å². The van der Waals surface area contributed by atoms with E-state index >= 15 is 0 Å². The van der Waals surface area contributed by atoms with E-state index in [0.29, 0.717) is 0 Å². The molecule has 0 fully saturated rings. The molecule has 4 nitrogen and oxygen atoms in total. The van der Waals surface area contributed by atoms with Crippen molar-refractivity contribution in [3.63, 3.8) is 0 Å². The van der Waals surface area contributed by atoms with Gasteiger partial charge in [-0.05, 0) is 32.0 Å². The minimum atomic E-state index is 0.773. The second-order valence-corrected chi connectivity index (χ2v) is 3.90.